The third-order valence-corrected chi connectivity index (χ3v) is 7.39. The van der Waals surface area contributed by atoms with Crippen LogP contribution in [0.2, 0.25) is 5.02 Å². The van der Waals surface area contributed by atoms with Crippen molar-refractivity contribution in [3.63, 3.8) is 0 Å². The van der Waals surface area contributed by atoms with E-state index in [1.54, 1.807) is 0 Å². The van der Waals surface area contributed by atoms with Crippen molar-refractivity contribution in [1.29, 1.82) is 0 Å². The first-order chi connectivity index (χ1) is 19.2. The van der Waals surface area contributed by atoms with Gasteiger partial charge in [0.2, 0.25) is 0 Å². The van der Waals surface area contributed by atoms with Crippen molar-refractivity contribution < 1.29 is 0 Å². The molecule has 0 fully saturated rings. The second kappa shape index (κ2) is 9.83. The SMILES string of the molecule is Clc1ccc(-c2cccc(-c3nc(-c4ccccc4)cc(-c4ccc5ccc6ccccc6c5c4)n3)c2)cc1. The highest BCUT2D eigenvalue weighted by atomic mass is 35.5. The summed E-state index contributed by atoms with van der Waals surface area (Å²) in [6, 6.07) is 48.1. The number of fused-ring (bicyclic) bond motifs is 3. The Balaban J connectivity index is 1.41. The van der Waals surface area contributed by atoms with Crippen LogP contribution in [0.25, 0.3) is 66.6 Å². The van der Waals surface area contributed by atoms with E-state index in [-0.39, 0.29) is 0 Å². The van der Waals surface area contributed by atoms with E-state index in [1.165, 1.54) is 21.5 Å². The molecular weight excluding hydrogens is 496 g/mol. The van der Waals surface area contributed by atoms with Gasteiger partial charge in [-0.1, -0.05) is 121 Å². The van der Waals surface area contributed by atoms with Crippen molar-refractivity contribution in [3.8, 4) is 45.0 Å². The fraction of sp³-hybridized carbons (Fsp3) is 0. The molecule has 0 saturated heterocycles. The summed E-state index contributed by atoms with van der Waals surface area (Å²) in [6.07, 6.45) is 0. The summed E-state index contributed by atoms with van der Waals surface area (Å²) >= 11 is 6.13. The van der Waals surface area contributed by atoms with Crippen molar-refractivity contribution in [2.75, 3.05) is 0 Å². The Hall–Kier alpha value is -4.79. The molecule has 0 aliphatic rings. The molecule has 0 aliphatic carbocycles. The Bertz CT molecular complexity index is 1960. The maximum Gasteiger partial charge on any atom is 0.160 e. The third-order valence-electron chi connectivity index (χ3n) is 7.14. The molecule has 0 aliphatic heterocycles. The average molecular weight is 519 g/mol. The molecule has 0 N–H and O–H groups in total. The van der Waals surface area contributed by atoms with Gasteiger partial charge < -0.3 is 0 Å². The molecule has 0 atom stereocenters. The number of nitrogens with zero attached hydrogens (tertiary/aromatic N) is 2. The summed E-state index contributed by atoms with van der Waals surface area (Å²) < 4.78 is 0. The Morgan fingerprint density at radius 1 is 0.385 bits per heavy atom. The van der Waals surface area contributed by atoms with Crippen LogP contribution in [-0.4, -0.2) is 9.97 Å². The summed E-state index contributed by atoms with van der Waals surface area (Å²) in [5, 5.41) is 5.63. The zero-order chi connectivity index (χ0) is 26.2. The van der Waals surface area contributed by atoms with Crippen molar-refractivity contribution in [3.05, 3.63) is 145 Å². The van der Waals surface area contributed by atoms with E-state index < -0.39 is 0 Å². The molecule has 7 rings (SSSR count). The molecule has 0 bridgehead atoms. The monoisotopic (exact) mass is 518 g/mol. The van der Waals surface area contributed by atoms with Gasteiger partial charge in [0.05, 0.1) is 11.4 Å². The van der Waals surface area contributed by atoms with Crippen LogP contribution in [0, 0.1) is 0 Å². The van der Waals surface area contributed by atoms with Crippen LogP contribution in [0.5, 0.6) is 0 Å². The van der Waals surface area contributed by atoms with E-state index >= 15 is 0 Å². The molecule has 1 aromatic heterocycles. The maximum atomic E-state index is 6.13. The average Bonchev–Trinajstić information content (AvgIpc) is 3.01. The number of hydrogen-bond donors (Lipinski definition) is 0. The number of hydrogen-bond acceptors (Lipinski definition) is 2. The molecule has 2 nitrogen and oxygen atoms in total. The molecule has 0 radical (unpaired) electrons. The predicted octanol–water partition coefficient (Wildman–Crippen LogP) is 10.1. The molecule has 0 spiro atoms. The predicted molar refractivity (Wildman–Crippen MR) is 164 cm³/mol. The highest BCUT2D eigenvalue weighted by molar-refractivity contribution is 6.30. The van der Waals surface area contributed by atoms with Gasteiger partial charge in [-0.05, 0) is 63.0 Å². The lowest BCUT2D eigenvalue weighted by Gasteiger charge is -2.12. The lowest BCUT2D eigenvalue weighted by Crippen LogP contribution is -1.96. The highest BCUT2D eigenvalue weighted by Crippen LogP contribution is 2.33. The van der Waals surface area contributed by atoms with Gasteiger partial charge in [-0.3, -0.25) is 0 Å². The van der Waals surface area contributed by atoms with Crippen LogP contribution in [0.1, 0.15) is 0 Å². The molecule has 6 aromatic carbocycles. The van der Waals surface area contributed by atoms with Crippen LogP contribution >= 0.6 is 11.6 Å². The van der Waals surface area contributed by atoms with E-state index in [4.69, 9.17) is 21.6 Å². The van der Waals surface area contributed by atoms with Gasteiger partial charge in [-0.15, -0.1) is 0 Å². The van der Waals surface area contributed by atoms with Gasteiger partial charge in [0, 0.05) is 21.7 Å². The molecule has 1 heterocycles. The topological polar surface area (TPSA) is 25.8 Å². The minimum absolute atomic E-state index is 0.695. The summed E-state index contributed by atoms with van der Waals surface area (Å²) in [4.78, 5) is 10.1. The second-order valence-electron chi connectivity index (χ2n) is 9.64. The standard InChI is InChI=1S/C36H23ClN2/c37-31-19-17-24(18-20-31)28-10-6-11-30(21-28)36-38-34(27-8-2-1-3-9-27)23-35(39-36)29-16-15-26-14-13-25-7-4-5-12-32(25)33(26)22-29/h1-23H. The Morgan fingerprint density at radius 3 is 1.82 bits per heavy atom. The van der Waals surface area contributed by atoms with Crippen LogP contribution in [0.4, 0.5) is 0 Å². The summed E-state index contributed by atoms with van der Waals surface area (Å²) in [5.41, 5.74) is 7.07. The van der Waals surface area contributed by atoms with Gasteiger partial charge in [-0.25, -0.2) is 9.97 Å². The molecule has 0 saturated carbocycles. The maximum absolute atomic E-state index is 6.13. The van der Waals surface area contributed by atoms with Crippen molar-refractivity contribution in [2.24, 2.45) is 0 Å². The lowest BCUT2D eigenvalue weighted by molar-refractivity contribution is 1.18. The largest absolute Gasteiger partial charge is 0.228 e. The van der Waals surface area contributed by atoms with Crippen LogP contribution in [0.3, 0.4) is 0 Å². The van der Waals surface area contributed by atoms with Gasteiger partial charge in [0.25, 0.3) is 0 Å². The highest BCUT2D eigenvalue weighted by Gasteiger charge is 2.12. The second-order valence-corrected chi connectivity index (χ2v) is 10.1. The minimum atomic E-state index is 0.695. The van der Waals surface area contributed by atoms with Crippen LogP contribution in [-0.2, 0) is 0 Å². The Morgan fingerprint density at radius 2 is 1.00 bits per heavy atom. The van der Waals surface area contributed by atoms with Crippen molar-refractivity contribution in [2.45, 2.75) is 0 Å². The molecular formula is C36H23ClN2. The molecule has 184 valence electrons. The lowest BCUT2D eigenvalue weighted by atomic mass is 9.98. The zero-order valence-electron chi connectivity index (χ0n) is 21.1. The van der Waals surface area contributed by atoms with Gasteiger partial charge in [0.15, 0.2) is 5.82 Å². The first-order valence-electron chi connectivity index (χ1n) is 12.9. The Labute approximate surface area is 232 Å². The molecule has 39 heavy (non-hydrogen) atoms. The quantitative estimate of drug-likeness (QED) is 0.216. The van der Waals surface area contributed by atoms with Gasteiger partial charge in [0.1, 0.15) is 0 Å². The van der Waals surface area contributed by atoms with E-state index in [9.17, 15) is 0 Å². The summed E-state index contributed by atoms with van der Waals surface area (Å²) in [6.45, 7) is 0. The van der Waals surface area contributed by atoms with E-state index in [0.717, 1.165) is 44.2 Å². The van der Waals surface area contributed by atoms with Crippen molar-refractivity contribution >= 4 is 33.1 Å². The summed E-state index contributed by atoms with van der Waals surface area (Å²) in [7, 11) is 0. The normalized spacial score (nSPS) is 11.2. The first-order valence-corrected chi connectivity index (χ1v) is 13.3. The number of rotatable bonds is 4. The Kier molecular flexibility index (Phi) is 5.88. The van der Waals surface area contributed by atoms with E-state index in [1.807, 2.05) is 42.5 Å². The molecule has 7 aromatic rings. The first kappa shape index (κ1) is 23.3. The fourth-order valence-corrected chi connectivity index (χ4v) is 5.25. The van der Waals surface area contributed by atoms with Crippen molar-refractivity contribution in [1.82, 2.24) is 9.97 Å². The van der Waals surface area contributed by atoms with E-state index in [2.05, 4.69) is 97.1 Å². The molecule has 3 heteroatoms. The zero-order valence-corrected chi connectivity index (χ0v) is 21.8. The number of aromatic nitrogens is 2. The minimum Gasteiger partial charge on any atom is -0.228 e. The van der Waals surface area contributed by atoms with Gasteiger partial charge >= 0.3 is 0 Å². The van der Waals surface area contributed by atoms with Crippen LogP contribution < -0.4 is 0 Å². The smallest absolute Gasteiger partial charge is 0.160 e. The number of halogens is 1. The molecule has 0 unspecified atom stereocenters. The summed E-state index contributed by atoms with van der Waals surface area (Å²) in [5.74, 6) is 0.695. The van der Waals surface area contributed by atoms with Crippen LogP contribution in [0.15, 0.2) is 140 Å². The third kappa shape index (κ3) is 4.56. The van der Waals surface area contributed by atoms with Gasteiger partial charge in [-0.2, -0.15) is 0 Å². The molecule has 0 amide bonds. The fourth-order valence-electron chi connectivity index (χ4n) is 5.12. The number of benzene rings is 6. The van der Waals surface area contributed by atoms with E-state index in [0.29, 0.717) is 5.82 Å².